The summed E-state index contributed by atoms with van der Waals surface area (Å²) in [6, 6.07) is 4.79. The van der Waals surface area contributed by atoms with Gasteiger partial charge in [0.05, 0.1) is 5.56 Å². The van der Waals surface area contributed by atoms with Crippen LogP contribution in [0.3, 0.4) is 0 Å². The van der Waals surface area contributed by atoms with Crippen LogP contribution in [0.2, 0.25) is 0 Å². The van der Waals surface area contributed by atoms with E-state index in [4.69, 9.17) is 0 Å². The summed E-state index contributed by atoms with van der Waals surface area (Å²) in [6.07, 6.45) is 2.12. The molecule has 18 heavy (non-hydrogen) atoms. The number of piperidine rings is 1. The van der Waals surface area contributed by atoms with Crippen molar-refractivity contribution in [2.24, 2.45) is 5.92 Å². The van der Waals surface area contributed by atoms with E-state index in [0.29, 0.717) is 16.9 Å². The van der Waals surface area contributed by atoms with Gasteiger partial charge in [0.1, 0.15) is 5.82 Å². The summed E-state index contributed by atoms with van der Waals surface area (Å²) < 4.78 is 14.3. The minimum atomic E-state index is -0.459. The molecule has 2 atom stereocenters. The van der Waals surface area contributed by atoms with Gasteiger partial charge in [-0.3, -0.25) is 4.79 Å². The second-order valence-electron chi connectivity index (χ2n) is 4.96. The van der Waals surface area contributed by atoms with Crippen molar-refractivity contribution in [1.82, 2.24) is 4.90 Å². The Morgan fingerprint density at radius 2 is 2.17 bits per heavy atom. The van der Waals surface area contributed by atoms with Crippen LogP contribution in [-0.4, -0.2) is 23.4 Å². The number of carbonyl (C=O) groups is 1. The summed E-state index contributed by atoms with van der Waals surface area (Å²) in [7, 11) is 0. The largest absolute Gasteiger partial charge is 0.336 e. The molecule has 1 heterocycles. The van der Waals surface area contributed by atoms with Crippen molar-refractivity contribution < 1.29 is 9.18 Å². The maximum absolute atomic E-state index is 13.8. The molecule has 4 heteroatoms. The van der Waals surface area contributed by atoms with Gasteiger partial charge < -0.3 is 4.90 Å². The highest BCUT2D eigenvalue weighted by atomic mass is 79.9. The highest BCUT2D eigenvalue weighted by Gasteiger charge is 2.31. The Kier molecular flexibility index (Phi) is 4.05. The molecule has 2 unspecified atom stereocenters. The van der Waals surface area contributed by atoms with Crippen molar-refractivity contribution in [3.8, 4) is 0 Å². The van der Waals surface area contributed by atoms with Crippen LogP contribution in [0, 0.1) is 11.7 Å². The third kappa shape index (κ3) is 2.44. The summed E-state index contributed by atoms with van der Waals surface area (Å²) in [5.74, 6) is -0.202. The molecule has 0 aliphatic carbocycles. The van der Waals surface area contributed by atoms with Crippen LogP contribution in [-0.2, 0) is 0 Å². The third-order valence-electron chi connectivity index (χ3n) is 3.81. The van der Waals surface area contributed by atoms with Gasteiger partial charge in [-0.25, -0.2) is 4.39 Å². The van der Waals surface area contributed by atoms with Crippen molar-refractivity contribution in [3.05, 3.63) is 34.1 Å². The molecule has 0 aromatic heterocycles. The van der Waals surface area contributed by atoms with Crippen LogP contribution in [0.5, 0.6) is 0 Å². The number of likely N-dealkylation sites (tertiary alicyclic amines) is 1. The predicted octanol–water partition coefficient (Wildman–Crippen LogP) is 3.85. The number of hydrogen-bond acceptors (Lipinski definition) is 1. The number of amides is 1. The fourth-order valence-electron chi connectivity index (χ4n) is 2.47. The number of hydrogen-bond donors (Lipinski definition) is 0. The molecular weight excluding hydrogens is 297 g/mol. The molecule has 0 radical (unpaired) electrons. The maximum atomic E-state index is 13.8. The van der Waals surface area contributed by atoms with Gasteiger partial charge in [-0.1, -0.05) is 13.0 Å². The summed E-state index contributed by atoms with van der Waals surface area (Å²) in [5.41, 5.74) is 0.151. The molecule has 0 bridgehead atoms. The Labute approximate surface area is 115 Å². The Balaban J connectivity index is 2.31. The first-order valence-corrected chi connectivity index (χ1v) is 7.06. The summed E-state index contributed by atoms with van der Waals surface area (Å²) in [4.78, 5) is 14.2. The summed E-state index contributed by atoms with van der Waals surface area (Å²) in [6.45, 7) is 4.89. The predicted molar refractivity (Wildman–Crippen MR) is 73.0 cm³/mol. The minimum Gasteiger partial charge on any atom is -0.336 e. The van der Waals surface area contributed by atoms with E-state index in [1.54, 1.807) is 17.0 Å². The third-order valence-corrected chi connectivity index (χ3v) is 4.47. The molecule has 98 valence electrons. The van der Waals surface area contributed by atoms with E-state index in [0.717, 1.165) is 12.8 Å². The zero-order valence-electron chi connectivity index (χ0n) is 10.6. The first-order valence-electron chi connectivity index (χ1n) is 6.27. The topological polar surface area (TPSA) is 20.3 Å². The highest BCUT2D eigenvalue weighted by molar-refractivity contribution is 9.10. The Morgan fingerprint density at radius 1 is 1.44 bits per heavy atom. The van der Waals surface area contributed by atoms with Crippen molar-refractivity contribution in [2.45, 2.75) is 32.7 Å². The van der Waals surface area contributed by atoms with Crippen LogP contribution in [0.15, 0.2) is 22.7 Å². The van der Waals surface area contributed by atoms with Gasteiger partial charge in [0, 0.05) is 17.1 Å². The van der Waals surface area contributed by atoms with Gasteiger partial charge in [-0.2, -0.15) is 0 Å². The van der Waals surface area contributed by atoms with Crippen LogP contribution >= 0.6 is 15.9 Å². The van der Waals surface area contributed by atoms with Gasteiger partial charge in [-0.15, -0.1) is 0 Å². The van der Waals surface area contributed by atoms with Gasteiger partial charge in [0.2, 0.25) is 0 Å². The van der Waals surface area contributed by atoms with Gasteiger partial charge in [0.25, 0.3) is 5.91 Å². The lowest BCUT2D eigenvalue weighted by Gasteiger charge is -2.38. The highest BCUT2D eigenvalue weighted by Crippen LogP contribution is 2.27. The molecule has 1 aliphatic rings. The van der Waals surface area contributed by atoms with Crippen LogP contribution in [0.1, 0.15) is 37.0 Å². The fraction of sp³-hybridized carbons (Fsp3) is 0.500. The van der Waals surface area contributed by atoms with Gasteiger partial charge in [0.15, 0.2) is 0 Å². The van der Waals surface area contributed by atoms with E-state index < -0.39 is 5.82 Å². The smallest absolute Gasteiger partial charge is 0.258 e. The number of carbonyl (C=O) groups excluding carboxylic acids is 1. The molecule has 0 saturated carbocycles. The molecule has 0 spiro atoms. The van der Waals surface area contributed by atoms with Crippen LogP contribution in [0.4, 0.5) is 4.39 Å². The van der Waals surface area contributed by atoms with Crippen LogP contribution in [0.25, 0.3) is 0 Å². The van der Waals surface area contributed by atoms with Gasteiger partial charge in [-0.05, 0) is 53.7 Å². The Hall–Kier alpha value is -0.900. The lowest BCUT2D eigenvalue weighted by atomic mass is 9.91. The second-order valence-corrected chi connectivity index (χ2v) is 5.81. The maximum Gasteiger partial charge on any atom is 0.258 e. The van der Waals surface area contributed by atoms with Crippen molar-refractivity contribution >= 4 is 21.8 Å². The molecule has 1 fully saturated rings. The number of nitrogens with zero attached hydrogens (tertiary/aromatic N) is 1. The fourth-order valence-corrected chi connectivity index (χ4v) is 2.98. The van der Waals surface area contributed by atoms with Crippen LogP contribution < -0.4 is 0 Å². The number of benzene rings is 1. The number of rotatable bonds is 1. The first kappa shape index (κ1) is 13.5. The second kappa shape index (κ2) is 5.39. The normalized spacial score (nSPS) is 24.1. The van der Waals surface area contributed by atoms with E-state index in [9.17, 15) is 9.18 Å². The zero-order valence-corrected chi connectivity index (χ0v) is 12.2. The molecule has 0 N–H and O–H groups in total. The van der Waals surface area contributed by atoms with Gasteiger partial charge >= 0.3 is 0 Å². The molecule has 1 aliphatic heterocycles. The van der Waals surface area contributed by atoms with Crippen molar-refractivity contribution in [1.29, 1.82) is 0 Å². The van der Waals surface area contributed by atoms with E-state index in [1.807, 2.05) is 6.92 Å². The summed E-state index contributed by atoms with van der Waals surface area (Å²) in [5, 5.41) is 0. The standard InChI is InChI=1S/C14H17BrFNO/c1-9-5-4-8-17(10(9)2)14(18)13-11(15)6-3-7-12(13)16/h3,6-7,9-10H,4-5,8H2,1-2H3. The quantitative estimate of drug-likeness (QED) is 0.771. The Morgan fingerprint density at radius 3 is 2.83 bits per heavy atom. The average Bonchev–Trinajstić information content (AvgIpc) is 2.32. The molecular formula is C14H17BrFNO. The molecule has 1 aromatic rings. The van der Waals surface area contributed by atoms with E-state index in [-0.39, 0.29) is 17.5 Å². The van der Waals surface area contributed by atoms with E-state index in [2.05, 4.69) is 22.9 Å². The lowest BCUT2D eigenvalue weighted by molar-refractivity contribution is 0.0545. The van der Waals surface area contributed by atoms with E-state index >= 15 is 0 Å². The summed E-state index contributed by atoms with van der Waals surface area (Å²) >= 11 is 3.26. The zero-order chi connectivity index (χ0) is 13.3. The molecule has 1 aromatic carbocycles. The van der Waals surface area contributed by atoms with Crippen molar-refractivity contribution in [2.75, 3.05) is 6.54 Å². The monoisotopic (exact) mass is 313 g/mol. The lowest BCUT2D eigenvalue weighted by Crippen LogP contribution is -2.46. The molecule has 1 amide bonds. The average molecular weight is 314 g/mol. The molecule has 2 rings (SSSR count). The van der Waals surface area contributed by atoms with E-state index in [1.165, 1.54) is 6.07 Å². The Bertz CT molecular complexity index is 443. The van der Waals surface area contributed by atoms with Crippen molar-refractivity contribution in [3.63, 3.8) is 0 Å². The molecule has 1 saturated heterocycles. The first-order chi connectivity index (χ1) is 8.52. The SMILES string of the molecule is CC1CCCN(C(=O)c2c(F)cccc2Br)C1C. The molecule has 2 nitrogen and oxygen atoms in total. The number of halogens is 2. The minimum absolute atomic E-state index is 0.151.